The molecule has 1 aromatic rings. The van der Waals surface area contributed by atoms with E-state index in [1.54, 1.807) is 6.07 Å². The van der Waals surface area contributed by atoms with Crippen LogP contribution in [0, 0.1) is 11.3 Å². The molecule has 15 heavy (non-hydrogen) atoms. The van der Waals surface area contributed by atoms with E-state index in [1.165, 1.54) is 0 Å². The molecule has 0 atom stereocenters. The first-order chi connectivity index (χ1) is 7.13. The van der Waals surface area contributed by atoms with Crippen molar-refractivity contribution >= 4 is 0 Å². The molecular weight excluding hydrogens is 204 g/mol. The van der Waals surface area contributed by atoms with Crippen molar-refractivity contribution in [3.8, 4) is 6.07 Å². The normalized spacial score (nSPS) is 10.4. The molecule has 6 heteroatoms. The number of alkyl halides is 2. The summed E-state index contributed by atoms with van der Waals surface area (Å²) < 4.78 is 25.1. The molecule has 1 aromatic heterocycles. The lowest BCUT2D eigenvalue weighted by atomic mass is 10.1. The van der Waals surface area contributed by atoms with Crippen molar-refractivity contribution in [2.45, 2.75) is 19.6 Å². The highest BCUT2D eigenvalue weighted by molar-refractivity contribution is 5.37. The summed E-state index contributed by atoms with van der Waals surface area (Å²) in [6.45, 7) is -0.657. The van der Waals surface area contributed by atoms with Crippen molar-refractivity contribution in [3.05, 3.63) is 28.6 Å². The second-order valence-corrected chi connectivity index (χ2v) is 2.80. The van der Waals surface area contributed by atoms with E-state index < -0.39 is 13.0 Å². The third-order valence-electron chi connectivity index (χ3n) is 1.95. The number of nitrogens with two attached hydrogens (primary N) is 1. The minimum Gasteiger partial charge on any atom is -0.392 e. The first-order valence-electron chi connectivity index (χ1n) is 4.15. The van der Waals surface area contributed by atoms with Crippen molar-refractivity contribution in [2.24, 2.45) is 5.73 Å². The molecule has 0 fully saturated rings. The minimum atomic E-state index is -2.76. The highest BCUT2D eigenvalue weighted by atomic mass is 19.3. The van der Waals surface area contributed by atoms with Crippen LogP contribution in [0.25, 0.3) is 0 Å². The summed E-state index contributed by atoms with van der Waals surface area (Å²) in [5.41, 5.74) is 4.92. The molecule has 1 rings (SSSR count). The summed E-state index contributed by atoms with van der Waals surface area (Å²) in [4.78, 5) is 3.74. The predicted octanol–water partition coefficient (Wildman–Crippen LogP) is 0.842. The number of pyridine rings is 1. The lowest BCUT2D eigenvalue weighted by Crippen LogP contribution is -2.09. The number of rotatable bonds is 3. The van der Waals surface area contributed by atoms with Gasteiger partial charge in [-0.05, 0) is 6.07 Å². The van der Waals surface area contributed by atoms with Crippen molar-refractivity contribution < 1.29 is 13.9 Å². The van der Waals surface area contributed by atoms with Gasteiger partial charge < -0.3 is 10.8 Å². The van der Waals surface area contributed by atoms with E-state index in [4.69, 9.17) is 16.1 Å². The van der Waals surface area contributed by atoms with Crippen LogP contribution in [-0.4, -0.2) is 10.1 Å². The Hall–Kier alpha value is -1.58. The molecule has 0 unspecified atom stereocenters. The van der Waals surface area contributed by atoms with Crippen LogP contribution >= 0.6 is 0 Å². The second kappa shape index (κ2) is 4.77. The van der Waals surface area contributed by atoms with Crippen molar-refractivity contribution in [3.63, 3.8) is 0 Å². The lowest BCUT2D eigenvalue weighted by Gasteiger charge is -2.10. The molecule has 0 saturated heterocycles. The van der Waals surface area contributed by atoms with Crippen LogP contribution in [0.15, 0.2) is 6.07 Å². The van der Waals surface area contributed by atoms with Gasteiger partial charge >= 0.3 is 0 Å². The topological polar surface area (TPSA) is 82.9 Å². The van der Waals surface area contributed by atoms with E-state index in [2.05, 4.69) is 4.98 Å². The molecule has 0 bridgehead atoms. The number of hydrogen-bond acceptors (Lipinski definition) is 4. The van der Waals surface area contributed by atoms with Gasteiger partial charge in [-0.3, -0.25) is 0 Å². The zero-order valence-electron chi connectivity index (χ0n) is 7.74. The van der Waals surface area contributed by atoms with Gasteiger partial charge in [0.05, 0.1) is 12.3 Å². The fourth-order valence-electron chi connectivity index (χ4n) is 1.25. The Bertz CT molecular complexity index is 401. The van der Waals surface area contributed by atoms with Crippen LogP contribution in [-0.2, 0) is 13.2 Å². The predicted molar refractivity (Wildman–Crippen MR) is 47.7 cm³/mol. The Labute approximate surface area is 85.0 Å². The smallest absolute Gasteiger partial charge is 0.264 e. The van der Waals surface area contributed by atoms with Gasteiger partial charge in [0, 0.05) is 17.7 Å². The molecule has 0 radical (unpaired) electrons. The zero-order valence-corrected chi connectivity index (χ0v) is 7.74. The van der Waals surface area contributed by atoms with Gasteiger partial charge in [-0.2, -0.15) is 5.26 Å². The molecule has 0 aliphatic carbocycles. The number of aromatic nitrogens is 1. The van der Waals surface area contributed by atoms with Gasteiger partial charge in [0.15, 0.2) is 0 Å². The van der Waals surface area contributed by atoms with Crippen molar-refractivity contribution in [1.82, 2.24) is 4.98 Å². The monoisotopic (exact) mass is 213 g/mol. The SMILES string of the molecule is N#Cc1cc(C(F)F)c(CO)c(CN)n1. The van der Waals surface area contributed by atoms with E-state index in [0.717, 1.165) is 6.07 Å². The average Bonchev–Trinajstić information content (AvgIpc) is 2.26. The van der Waals surface area contributed by atoms with Gasteiger partial charge in [0.2, 0.25) is 0 Å². The van der Waals surface area contributed by atoms with Gasteiger partial charge in [-0.1, -0.05) is 0 Å². The number of aliphatic hydroxyl groups excluding tert-OH is 1. The van der Waals surface area contributed by atoms with Crippen LogP contribution < -0.4 is 5.73 Å². The maximum atomic E-state index is 12.6. The third-order valence-corrected chi connectivity index (χ3v) is 1.95. The molecule has 1 heterocycles. The molecule has 80 valence electrons. The summed E-state index contributed by atoms with van der Waals surface area (Å²) in [6.07, 6.45) is -2.76. The molecular formula is C9H9F2N3O. The Morgan fingerprint density at radius 1 is 1.60 bits per heavy atom. The molecule has 4 nitrogen and oxygen atoms in total. The van der Waals surface area contributed by atoms with E-state index in [-0.39, 0.29) is 29.1 Å². The quantitative estimate of drug-likeness (QED) is 0.779. The Balaban J connectivity index is 3.40. The molecule has 3 N–H and O–H groups in total. The average molecular weight is 213 g/mol. The molecule has 0 amide bonds. The Morgan fingerprint density at radius 2 is 2.27 bits per heavy atom. The van der Waals surface area contributed by atoms with Crippen molar-refractivity contribution in [1.29, 1.82) is 5.26 Å². The van der Waals surface area contributed by atoms with Crippen LogP contribution in [0.5, 0.6) is 0 Å². The number of aliphatic hydroxyl groups is 1. The highest BCUT2D eigenvalue weighted by Crippen LogP contribution is 2.25. The summed E-state index contributed by atoms with van der Waals surface area (Å²) in [6, 6.07) is 2.63. The fourth-order valence-corrected chi connectivity index (χ4v) is 1.25. The van der Waals surface area contributed by atoms with Gasteiger partial charge in [-0.25, -0.2) is 13.8 Å². The first-order valence-corrected chi connectivity index (χ1v) is 4.15. The zero-order chi connectivity index (χ0) is 11.4. The fraction of sp³-hybridized carbons (Fsp3) is 0.333. The number of nitrogens with zero attached hydrogens (tertiary/aromatic N) is 2. The largest absolute Gasteiger partial charge is 0.392 e. The molecule has 0 saturated carbocycles. The highest BCUT2D eigenvalue weighted by Gasteiger charge is 2.17. The summed E-state index contributed by atoms with van der Waals surface area (Å²) in [5.74, 6) is 0. The Morgan fingerprint density at radius 3 is 2.67 bits per heavy atom. The maximum Gasteiger partial charge on any atom is 0.264 e. The number of hydrogen-bond donors (Lipinski definition) is 2. The number of halogens is 2. The van der Waals surface area contributed by atoms with Crippen LogP contribution in [0.3, 0.4) is 0 Å². The molecule has 0 aliphatic rings. The third kappa shape index (κ3) is 2.26. The van der Waals surface area contributed by atoms with E-state index >= 15 is 0 Å². The van der Waals surface area contributed by atoms with Gasteiger partial charge in [0.1, 0.15) is 11.8 Å². The molecule has 0 aromatic carbocycles. The van der Waals surface area contributed by atoms with Gasteiger partial charge in [0.25, 0.3) is 6.43 Å². The minimum absolute atomic E-state index is 0.00602. The van der Waals surface area contributed by atoms with E-state index in [1.807, 2.05) is 0 Å². The van der Waals surface area contributed by atoms with Crippen LogP contribution in [0.1, 0.15) is 28.9 Å². The maximum absolute atomic E-state index is 12.6. The lowest BCUT2D eigenvalue weighted by molar-refractivity contribution is 0.146. The Kier molecular flexibility index (Phi) is 3.66. The van der Waals surface area contributed by atoms with Gasteiger partial charge in [-0.15, -0.1) is 0 Å². The molecule has 0 spiro atoms. The van der Waals surface area contributed by atoms with Crippen molar-refractivity contribution in [2.75, 3.05) is 0 Å². The van der Waals surface area contributed by atoms with E-state index in [0.29, 0.717) is 0 Å². The summed E-state index contributed by atoms with van der Waals surface area (Å²) in [5, 5.41) is 17.5. The number of nitriles is 1. The standard InChI is InChI=1S/C9H9F2N3O/c10-9(11)6-1-5(2-12)14-8(3-13)7(6)4-15/h1,9,15H,3-4,13H2. The van der Waals surface area contributed by atoms with E-state index in [9.17, 15) is 8.78 Å². The molecule has 0 aliphatic heterocycles. The summed E-state index contributed by atoms with van der Waals surface area (Å²) >= 11 is 0. The first kappa shape index (κ1) is 11.5. The van der Waals surface area contributed by atoms with Crippen LogP contribution in [0.4, 0.5) is 8.78 Å². The second-order valence-electron chi connectivity index (χ2n) is 2.80. The van der Waals surface area contributed by atoms with Crippen LogP contribution in [0.2, 0.25) is 0 Å². The summed E-state index contributed by atoms with van der Waals surface area (Å²) in [7, 11) is 0.